The second-order valence-electron chi connectivity index (χ2n) is 8.94. The maximum Gasteiger partial charge on any atom is 0.273 e. The van der Waals surface area contributed by atoms with E-state index in [9.17, 15) is 9.90 Å². The number of carbonyl (C=O) groups excluding carboxylic acids is 1. The van der Waals surface area contributed by atoms with Crippen molar-refractivity contribution in [2.45, 2.75) is 52.2 Å². The van der Waals surface area contributed by atoms with Gasteiger partial charge in [0.1, 0.15) is 6.26 Å². The third kappa shape index (κ3) is 7.34. The first kappa shape index (κ1) is 23.2. The normalized spacial score (nSPS) is 21.4. The van der Waals surface area contributed by atoms with E-state index in [1.807, 2.05) is 0 Å². The fourth-order valence-electron chi connectivity index (χ4n) is 4.11. The van der Waals surface area contributed by atoms with Gasteiger partial charge in [0.25, 0.3) is 5.91 Å². The Labute approximate surface area is 180 Å². The summed E-state index contributed by atoms with van der Waals surface area (Å²) in [5.41, 5.74) is 0.354. The summed E-state index contributed by atoms with van der Waals surface area (Å²) in [5, 5.41) is 13.4. The van der Waals surface area contributed by atoms with E-state index in [0.29, 0.717) is 30.6 Å². The van der Waals surface area contributed by atoms with Gasteiger partial charge in [-0.15, -0.1) is 0 Å². The van der Waals surface area contributed by atoms with Crippen LogP contribution < -0.4 is 5.32 Å². The highest BCUT2D eigenvalue weighted by Crippen LogP contribution is 2.12. The zero-order valence-corrected chi connectivity index (χ0v) is 18.7. The molecule has 2 atom stereocenters. The molecule has 0 spiro atoms. The number of nitrogens with one attached hydrogen (secondary N) is 1. The second kappa shape index (κ2) is 11.8. The molecule has 0 aromatic carbocycles. The Morgan fingerprint density at radius 1 is 1.10 bits per heavy atom. The van der Waals surface area contributed by atoms with Gasteiger partial charge in [0.05, 0.1) is 12.6 Å². The molecular formula is C22H39N5O3. The molecule has 1 amide bonds. The Morgan fingerprint density at radius 3 is 2.40 bits per heavy atom. The number of aromatic nitrogens is 1. The molecule has 2 N–H and O–H groups in total. The minimum atomic E-state index is -0.280. The minimum Gasteiger partial charge on any atom is -0.447 e. The number of nitrogens with zero attached hydrogens (tertiary/aromatic N) is 4. The molecule has 1 aromatic heterocycles. The molecule has 0 bridgehead atoms. The number of oxazole rings is 1. The van der Waals surface area contributed by atoms with Gasteiger partial charge in [-0.3, -0.25) is 14.6 Å². The molecule has 3 rings (SSSR count). The second-order valence-corrected chi connectivity index (χ2v) is 8.94. The lowest BCUT2D eigenvalue weighted by Crippen LogP contribution is -2.50. The number of aliphatic hydroxyl groups excluding tert-OH is 1. The molecule has 0 saturated carbocycles. The quantitative estimate of drug-likeness (QED) is 0.591. The number of likely N-dealkylation sites (tertiary alicyclic amines) is 1. The van der Waals surface area contributed by atoms with Crippen LogP contribution in [0, 0.1) is 5.92 Å². The summed E-state index contributed by atoms with van der Waals surface area (Å²) in [6.07, 6.45) is 6.04. The molecule has 0 aliphatic carbocycles. The van der Waals surface area contributed by atoms with Crippen LogP contribution in [0.3, 0.4) is 0 Å². The van der Waals surface area contributed by atoms with Gasteiger partial charge in [0.2, 0.25) is 5.89 Å². The first-order valence-corrected chi connectivity index (χ1v) is 11.6. The highest BCUT2D eigenvalue weighted by molar-refractivity contribution is 5.91. The number of piperidine rings is 1. The highest BCUT2D eigenvalue weighted by atomic mass is 16.3. The lowest BCUT2D eigenvalue weighted by molar-refractivity contribution is 0.0434. The van der Waals surface area contributed by atoms with Gasteiger partial charge in [0.15, 0.2) is 5.69 Å². The molecule has 30 heavy (non-hydrogen) atoms. The van der Waals surface area contributed by atoms with E-state index in [0.717, 1.165) is 58.8 Å². The first-order valence-electron chi connectivity index (χ1n) is 11.6. The zero-order valence-electron chi connectivity index (χ0n) is 18.7. The summed E-state index contributed by atoms with van der Waals surface area (Å²) in [6.45, 7) is 13.0. The number of carbonyl (C=O) groups is 1. The number of amides is 1. The molecule has 2 aliphatic rings. The van der Waals surface area contributed by atoms with Crippen LogP contribution in [0.25, 0.3) is 0 Å². The van der Waals surface area contributed by atoms with Crippen molar-refractivity contribution < 1.29 is 14.3 Å². The maximum absolute atomic E-state index is 12.2. The van der Waals surface area contributed by atoms with E-state index in [4.69, 9.17) is 4.42 Å². The number of aliphatic hydroxyl groups is 1. The standard InChI is InChI=1S/C22H39N5O3/c1-3-18(2)13-23-22(29)20-17-30-21(24-20)16-27-11-9-26(10-12-27)15-19(28)14-25-7-5-4-6-8-25/h17-19,28H,3-16H2,1-2H3,(H,23,29). The number of piperazine rings is 1. The van der Waals surface area contributed by atoms with Crippen LogP contribution in [0.2, 0.25) is 0 Å². The van der Waals surface area contributed by atoms with Gasteiger partial charge >= 0.3 is 0 Å². The van der Waals surface area contributed by atoms with Crippen LogP contribution in [0.15, 0.2) is 10.7 Å². The van der Waals surface area contributed by atoms with Crippen molar-refractivity contribution in [3.8, 4) is 0 Å². The molecule has 8 nitrogen and oxygen atoms in total. The molecule has 1 aromatic rings. The predicted molar refractivity (Wildman–Crippen MR) is 116 cm³/mol. The third-order valence-corrected chi connectivity index (χ3v) is 6.30. The first-order chi connectivity index (χ1) is 14.5. The smallest absolute Gasteiger partial charge is 0.273 e. The van der Waals surface area contributed by atoms with Crippen molar-refractivity contribution in [1.29, 1.82) is 0 Å². The molecule has 3 heterocycles. The van der Waals surface area contributed by atoms with E-state index < -0.39 is 0 Å². The Morgan fingerprint density at radius 2 is 1.73 bits per heavy atom. The maximum atomic E-state index is 12.2. The fraction of sp³-hybridized carbons (Fsp3) is 0.818. The summed E-state index contributed by atoms with van der Waals surface area (Å²) in [4.78, 5) is 23.6. The Balaban J connectivity index is 1.35. The van der Waals surface area contributed by atoms with E-state index in [2.05, 4.69) is 38.8 Å². The summed E-state index contributed by atoms with van der Waals surface area (Å²) < 4.78 is 5.52. The van der Waals surface area contributed by atoms with Crippen molar-refractivity contribution in [1.82, 2.24) is 25.0 Å². The van der Waals surface area contributed by atoms with Crippen LogP contribution in [-0.2, 0) is 6.54 Å². The summed E-state index contributed by atoms with van der Waals surface area (Å²) >= 11 is 0. The average molecular weight is 422 g/mol. The van der Waals surface area contributed by atoms with Crippen molar-refractivity contribution in [3.63, 3.8) is 0 Å². The predicted octanol–water partition coefficient (Wildman–Crippen LogP) is 1.41. The minimum absolute atomic E-state index is 0.169. The topological polar surface area (TPSA) is 85.1 Å². The zero-order chi connectivity index (χ0) is 21.3. The molecule has 2 saturated heterocycles. The highest BCUT2D eigenvalue weighted by Gasteiger charge is 2.22. The van der Waals surface area contributed by atoms with Gasteiger partial charge in [-0.2, -0.15) is 0 Å². The molecule has 2 fully saturated rings. The molecule has 2 aliphatic heterocycles. The summed E-state index contributed by atoms with van der Waals surface area (Å²) in [5.74, 6) is 0.870. The monoisotopic (exact) mass is 421 g/mol. The van der Waals surface area contributed by atoms with E-state index in [1.54, 1.807) is 0 Å². The summed E-state index contributed by atoms with van der Waals surface area (Å²) in [6, 6.07) is 0. The van der Waals surface area contributed by atoms with Crippen LogP contribution in [0.1, 0.15) is 55.9 Å². The number of hydrogen-bond acceptors (Lipinski definition) is 7. The fourth-order valence-corrected chi connectivity index (χ4v) is 4.11. The van der Waals surface area contributed by atoms with Gasteiger partial charge in [-0.05, 0) is 31.8 Å². The molecular weight excluding hydrogens is 382 g/mol. The molecule has 8 heteroatoms. The van der Waals surface area contributed by atoms with Crippen LogP contribution >= 0.6 is 0 Å². The van der Waals surface area contributed by atoms with E-state index >= 15 is 0 Å². The SMILES string of the molecule is CCC(C)CNC(=O)c1coc(CN2CCN(CC(O)CN3CCCCC3)CC2)n1. The third-order valence-electron chi connectivity index (χ3n) is 6.30. The number of rotatable bonds is 10. The Kier molecular flexibility index (Phi) is 9.11. The van der Waals surface area contributed by atoms with Gasteiger partial charge in [-0.25, -0.2) is 4.98 Å². The Bertz CT molecular complexity index is 638. The van der Waals surface area contributed by atoms with Crippen LogP contribution in [-0.4, -0.2) is 95.7 Å². The van der Waals surface area contributed by atoms with Gasteiger partial charge < -0.3 is 19.7 Å². The van der Waals surface area contributed by atoms with Crippen LogP contribution in [0.4, 0.5) is 0 Å². The average Bonchev–Trinajstić information content (AvgIpc) is 3.22. The lowest BCUT2D eigenvalue weighted by Gasteiger charge is -2.36. The molecule has 170 valence electrons. The lowest BCUT2D eigenvalue weighted by atomic mass is 10.1. The molecule has 2 unspecified atom stereocenters. The van der Waals surface area contributed by atoms with Crippen molar-refractivity contribution in [2.75, 3.05) is 58.9 Å². The van der Waals surface area contributed by atoms with Crippen molar-refractivity contribution in [3.05, 3.63) is 17.8 Å². The van der Waals surface area contributed by atoms with E-state index in [-0.39, 0.29) is 12.0 Å². The number of β-amino-alcohol motifs (C(OH)–C–C–N with tert-alkyl or cyclic N) is 1. The van der Waals surface area contributed by atoms with Crippen molar-refractivity contribution in [2.24, 2.45) is 5.92 Å². The van der Waals surface area contributed by atoms with E-state index in [1.165, 1.54) is 25.5 Å². The van der Waals surface area contributed by atoms with Crippen molar-refractivity contribution >= 4 is 5.91 Å². The van der Waals surface area contributed by atoms with Gasteiger partial charge in [0, 0.05) is 45.8 Å². The van der Waals surface area contributed by atoms with Crippen LogP contribution in [0.5, 0.6) is 0 Å². The summed E-state index contributed by atoms with van der Waals surface area (Å²) in [7, 11) is 0. The largest absolute Gasteiger partial charge is 0.447 e. The number of hydrogen-bond donors (Lipinski definition) is 2. The molecule has 0 radical (unpaired) electrons. The van der Waals surface area contributed by atoms with Gasteiger partial charge in [-0.1, -0.05) is 26.7 Å². The Hall–Kier alpha value is -1.48.